The van der Waals surface area contributed by atoms with E-state index in [1.165, 1.54) is 6.42 Å². The number of carbonyl (C=O) groups is 1. The first-order chi connectivity index (χ1) is 9.02. The Labute approximate surface area is 132 Å². The van der Waals surface area contributed by atoms with E-state index in [2.05, 4.69) is 11.1 Å². The van der Waals surface area contributed by atoms with Crippen molar-refractivity contribution in [3.63, 3.8) is 0 Å². The minimum atomic E-state index is -1.50. The topological polar surface area (TPSA) is 96.6 Å². The van der Waals surface area contributed by atoms with Crippen LogP contribution in [-0.4, -0.2) is 32.6 Å². The third kappa shape index (κ3) is 6.14. The quantitative estimate of drug-likeness (QED) is 0.459. The number of carbonyl (C=O) groups excluding carboxylic acids is 1. The summed E-state index contributed by atoms with van der Waals surface area (Å²) < 4.78 is 0. The monoisotopic (exact) mass is 374 g/mol. The van der Waals surface area contributed by atoms with Gasteiger partial charge in [0.2, 0.25) is 5.91 Å². The number of piperidine rings is 1. The molecule has 1 N–H and O–H groups in total. The fraction of sp³-hybridized carbons (Fsp3) is 0.500. The molecule has 2 rings (SSSR count). The SMILES string of the molecule is CC(=O)N1CCCCC1c1cccnc1.O=[N+]([O-])O.[Ag]. The zero-order valence-electron chi connectivity index (χ0n) is 11.0. The van der Waals surface area contributed by atoms with Crippen LogP contribution in [0.2, 0.25) is 0 Å². The summed E-state index contributed by atoms with van der Waals surface area (Å²) in [5.41, 5.74) is 1.16. The maximum Gasteiger partial charge on any atom is 0.291 e. The molecule has 0 bridgehead atoms. The minimum absolute atomic E-state index is 0. The van der Waals surface area contributed by atoms with Gasteiger partial charge in [-0.3, -0.25) is 9.78 Å². The van der Waals surface area contributed by atoms with Crippen LogP contribution in [0.25, 0.3) is 0 Å². The summed E-state index contributed by atoms with van der Waals surface area (Å²) in [6, 6.07) is 4.23. The zero-order chi connectivity index (χ0) is 14.3. The van der Waals surface area contributed by atoms with E-state index in [9.17, 15) is 4.79 Å². The van der Waals surface area contributed by atoms with Crippen molar-refractivity contribution in [2.75, 3.05) is 6.54 Å². The van der Waals surface area contributed by atoms with Crippen LogP contribution < -0.4 is 0 Å². The average molecular weight is 375 g/mol. The second kappa shape index (κ2) is 9.46. The number of likely N-dealkylation sites (tertiary alicyclic amines) is 1. The predicted octanol–water partition coefficient (Wildman–Crippen LogP) is 1.80. The Bertz CT molecular complexity index is 426. The molecule has 1 fully saturated rings. The van der Waals surface area contributed by atoms with E-state index in [-0.39, 0.29) is 34.3 Å². The summed E-state index contributed by atoms with van der Waals surface area (Å²) in [6.45, 7) is 2.53. The minimum Gasteiger partial charge on any atom is -0.336 e. The first-order valence-corrected chi connectivity index (χ1v) is 6.02. The largest absolute Gasteiger partial charge is 0.336 e. The zero-order valence-corrected chi connectivity index (χ0v) is 12.5. The second-order valence-corrected chi connectivity index (χ2v) is 4.25. The van der Waals surface area contributed by atoms with Gasteiger partial charge in [-0.2, -0.15) is 0 Å². The van der Waals surface area contributed by atoms with Gasteiger partial charge < -0.3 is 10.1 Å². The summed E-state index contributed by atoms with van der Waals surface area (Å²) >= 11 is 0. The molecule has 0 saturated carbocycles. The van der Waals surface area contributed by atoms with Crippen LogP contribution in [-0.2, 0) is 27.2 Å². The van der Waals surface area contributed by atoms with Crippen molar-refractivity contribution in [1.29, 1.82) is 0 Å². The number of hydrogen-bond acceptors (Lipinski definition) is 4. The third-order valence-electron chi connectivity index (χ3n) is 2.98. The number of aromatic nitrogens is 1. The molecule has 0 spiro atoms. The van der Waals surface area contributed by atoms with Gasteiger partial charge >= 0.3 is 0 Å². The Morgan fingerprint density at radius 1 is 1.55 bits per heavy atom. The molecule has 1 unspecified atom stereocenters. The van der Waals surface area contributed by atoms with Crippen molar-refractivity contribution in [3.05, 3.63) is 40.2 Å². The molecule has 1 radical (unpaired) electrons. The van der Waals surface area contributed by atoms with Crippen LogP contribution in [0.5, 0.6) is 0 Å². The first-order valence-electron chi connectivity index (χ1n) is 6.02. The molecule has 115 valence electrons. The number of rotatable bonds is 1. The number of amides is 1. The summed E-state index contributed by atoms with van der Waals surface area (Å²) in [6.07, 6.45) is 7.02. The van der Waals surface area contributed by atoms with E-state index in [1.807, 2.05) is 17.2 Å². The van der Waals surface area contributed by atoms with Gasteiger partial charge in [0.1, 0.15) is 0 Å². The molecule has 20 heavy (non-hydrogen) atoms. The van der Waals surface area contributed by atoms with Crippen molar-refractivity contribution >= 4 is 5.91 Å². The Kier molecular flexibility index (Phi) is 8.78. The van der Waals surface area contributed by atoms with Gasteiger partial charge in [-0.1, -0.05) is 6.07 Å². The van der Waals surface area contributed by atoms with Crippen molar-refractivity contribution in [1.82, 2.24) is 9.88 Å². The van der Waals surface area contributed by atoms with E-state index in [0.717, 1.165) is 24.9 Å². The van der Waals surface area contributed by atoms with E-state index in [0.29, 0.717) is 0 Å². The molecule has 1 aromatic heterocycles. The van der Waals surface area contributed by atoms with Crippen LogP contribution in [0.3, 0.4) is 0 Å². The van der Waals surface area contributed by atoms with Gasteiger partial charge in [0, 0.05) is 48.2 Å². The molecule has 7 nitrogen and oxygen atoms in total. The Morgan fingerprint density at radius 2 is 2.20 bits per heavy atom. The van der Waals surface area contributed by atoms with Gasteiger partial charge in [-0.15, -0.1) is 10.1 Å². The molecular weight excluding hydrogens is 358 g/mol. The van der Waals surface area contributed by atoms with Gasteiger partial charge in [0.05, 0.1) is 6.04 Å². The summed E-state index contributed by atoms with van der Waals surface area (Å²) in [7, 11) is 0. The van der Waals surface area contributed by atoms with E-state index in [4.69, 9.17) is 15.3 Å². The predicted molar refractivity (Wildman–Crippen MR) is 67.0 cm³/mol. The average Bonchev–Trinajstić information content (AvgIpc) is 2.39. The van der Waals surface area contributed by atoms with Gasteiger partial charge in [-0.25, -0.2) is 0 Å². The standard InChI is InChI=1S/C12H16N2O.Ag.HNO3/c1-10(15)14-8-3-2-6-12(14)11-5-4-7-13-9-11;;2-1(3)4/h4-5,7,9,12H,2-3,6,8H2,1H3;;(H,2,3,4). The van der Waals surface area contributed by atoms with Gasteiger partial charge in [0.15, 0.2) is 0 Å². The van der Waals surface area contributed by atoms with Crippen molar-refractivity contribution in [2.24, 2.45) is 0 Å². The van der Waals surface area contributed by atoms with Gasteiger partial charge in [-0.05, 0) is 30.9 Å². The molecule has 0 aromatic carbocycles. The number of nitrogens with zero attached hydrogens (tertiary/aromatic N) is 3. The molecule has 8 heteroatoms. The normalized spacial score (nSPS) is 17.2. The molecule has 1 aliphatic rings. The number of pyridine rings is 1. The Hall–Kier alpha value is -1.44. The van der Waals surface area contributed by atoms with E-state index < -0.39 is 5.09 Å². The van der Waals surface area contributed by atoms with Crippen molar-refractivity contribution in [2.45, 2.75) is 32.2 Å². The summed E-state index contributed by atoms with van der Waals surface area (Å²) in [4.78, 5) is 25.9. The van der Waals surface area contributed by atoms with E-state index in [1.54, 1.807) is 13.1 Å². The molecule has 2 heterocycles. The van der Waals surface area contributed by atoms with Crippen LogP contribution in [0.15, 0.2) is 24.5 Å². The smallest absolute Gasteiger partial charge is 0.291 e. The molecule has 1 saturated heterocycles. The molecule has 1 amide bonds. The van der Waals surface area contributed by atoms with Crippen LogP contribution in [0.4, 0.5) is 0 Å². The van der Waals surface area contributed by atoms with E-state index >= 15 is 0 Å². The second-order valence-electron chi connectivity index (χ2n) is 4.25. The third-order valence-corrected chi connectivity index (χ3v) is 2.98. The Balaban J connectivity index is 0.000000644. The van der Waals surface area contributed by atoms with Crippen LogP contribution in [0, 0.1) is 10.1 Å². The van der Waals surface area contributed by atoms with Crippen molar-refractivity contribution in [3.8, 4) is 0 Å². The maximum absolute atomic E-state index is 11.5. The molecular formula is C12H17AgN3O4. The molecule has 1 aromatic rings. The molecule has 1 atom stereocenters. The maximum atomic E-state index is 11.5. The fourth-order valence-electron chi connectivity index (χ4n) is 2.23. The van der Waals surface area contributed by atoms with Crippen LogP contribution in [0.1, 0.15) is 37.8 Å². The number of hydrogen-bond donors (Lipinski definition) is 1. The van der Waals surface area contributed by atoms with Crippen molar-refractivity contribution < 1.29 is 37.5 Å². The molecule has 0 aliphatic carbocycles. The fourth-order valence-corrected chi connectivity index (χ4v) is 2.23. The first kappa shape index (κ1) is 18.6. The summed E-state index contributed by atoms with van der Waals surface area (Å²) in [5, 5.41) is 13.6. The summed E-state index contributed by atoms with van der Waals surface area (Å²) in [5.74, 6) is 0.170. The Morgan fingerprint density at radius 3 is 2.70 bits per heavy atom. The molecule has 1 aliphatic heterocycles. The van der Waals surface area contributed by atoms with Gasteiger partial charge in [0.25, 0.3) is 5.09 Å². The van der Waals surface area contributed by atoms with Crippen LogP contribution >= 0.6 is 0 Å².